The topological polar surface area (TPSA) is 104 Å². The lowest BCUT2D eigenvalue weighted by Crippen LogP contribution is -2.49. The number of alkyl halides is 1. The maximum atomic E-state index is 12.4. The second-order valence-corrected chi connectivity index (χ2v) is 12.5. The summed E-state index contributed by atoms with van der Waals surface area (Å²) in [6.07, 6.45) is 9.16. The Morgan fingerprint density at radius 2 is 1.65 bits per heavy atom. The van der Waals surface area contributed by atoms with E-state index in [1.807, 2.05) is 30.5 Å². The van der Waals surface area contributed by atoms with Crippen LogP contribution in [0.5, 0.6) is 0 Å². The molecule has 5 heterocycles. The van der Waals surface area contributed by atoms with Crippen LogP contribution in [0.2, 0.25) is 0 Å². The van der Waals surface area contributed by atoms with E-state index in [2.05, 4.69) is 37.1 Å². The summed E-state index contributed by atoms with van der Waals surface area (Å²) in [6.45, 7) is 5.64. The third kappa shape index (κ3) is 6.05. The van der Waals surface area contributed by atoms with Crippen LogP contribution in [0, 0.1) is 0 Å². The lowest BCUT2D eigenvalue weighted by atomic mass is 9.90. The fourth-order valence-electron chi connectivity index (χ4n) is 7.23. The number of anilines is 2. The molecule has 4 fully saturated rings. The third-order valence-electron chi connectivity index (χ3n) is 9.62. The van der Waals surface area contributed by atoms with Crippen molar-refractivity contribution in [3.63, 3.8) is 0 Å². The number of morpholine rings is 1. The SMILES string of the molecule is CN1CCN(C2CCC(n3ncc4c(N5CC6CCC(C5)O6)nc(-c5ccc(NC(=O)NCCF)cc5)nc43)CC2)CC1. The number of amides is 2. The molecule has 43 heavy (non-hydrogen) atoms. The monoisotopic (exact) mass is 591 g/mol. The van der Waals surface area contributed by atoms with Crippen molar-refractivity contribution in [2.75, 3.05) is 69.8 Å². The van der Waals surface area contributed by atoms with Gasteiger partial charge in [0.25, 0.3) is 0 Å². The molecule has 2 amide bonds. The van der Waals surface area contributed by atoms with Crippen molar-refractivity contribution < 1.29 is 13.9 Å². The van der Waals surface area contributed by atoms with Crippen LogP contribution in [0.1, 0.15) is 44.6 Å². The number of hydrogen-bond acceptors (Lipinski definition) is 8. The predicted octanol–water partition coefficient (Wildman–Crippen LogP) is 3.68. The number of likely N-dealkylation sites (N-methyl/N-ethyl adjacent to an activating group) is 1. The van der Waals surface area contributed by atoms with Gasteiger partial charge >= 0.3 is 6.03 Å². The predicted molar refractivity (Wildman–Crippen MR) is 164 cm³/mol. The molecule has 7 rings (SSSR count). The van der Waals surface area contributed by atoms with Gasteiger partial charge < -0.3 is 25.2 Å². The van der Waals surface area contributed by atoms with Gasteiger partial charge in [0, 0.05) is 63.1 Å². The van der Waals surface area contributed by atoms with E-state index >= 15 is 0 Å². The molecule has 1 saturated carbocycles. The summed E-state index contributed by atoms with van der Waals surface area (Å²) in [5.74, 6) is 1.56. The highest BCUT2D eigenvalue weighted by atomic mass is 19.1. The number of benzene rings is 1. The molecule has 2 aromatic heterocycles. The number of nitrogens with zero attached hydrogens (tertiary/aromatic N) is 7. The van der Waals surface area contributed by atoms with E-state index in [0.29, 0.717) is 23.6 Å². The maximum Gasteiger partial charge on any atom is 0.319 e. The van der Waals surface area contributed by atoms with Gasteiger partial charge in [-0.25, -0.2) is 23.8 Å². The molecule has 230 valence electrons. The number of fused-ring (bicyclic) bond motifs is 3. The first-order valence-corrected chi connectivity index (χ1v) is 15.8. The van der Waals surface area contributed by atoms with Gasteiger partial charge in [-0.1, -0.05) is 0 Å². The second kappa shape index (κ2) is 12.3. The smallest absolute Gasteiger partial charge is 0.319 e. The summed E-state index contributed by atoms with van der Waals surface area (Å²) < 4.78 is 20.7. The molecule has 2 unspecified atom stereocenters. The summed E-state index contributed by atoms with van der Waals surface area (Å²) in [5, 5.41) is 11.2. The van der Waals surface area contributed by atoms with Crippen LogP contribution in [0.25, 0.3) is 22.4 Å². The van der Waals surface area contributed by atoms with Crippen molar-refractivity contribution in [1.82, 2.24) is 34.9 Å². The molecule has 12 heteroatoms. The van der Waals surface area contributed by atoms with Crippen LogP contribution in [-0.4, -0.2) is 113 Å². The number of carbonyl (C=O) groups is 1. The minimum absolute atomic E-state index is 0.0189. The van der Waals surface area contributed by atoms with Gasteiger partial charge in [0.05, 0.1) is 29.8 Å². The van der Waals surface area contributed by atoms with Crippen LogP contribution in [0.15, 0.2) is 30.5 Å². The molecule has 3 aliphatic heterocycles. The molecule has 11 nitrogen and oxygen atoms in total. The van der Waals surface area contributed by atoms with Crippen molar-refractivity contribution in [3.8, 4) is 11.4 Å². The molecule has 2 bridgehead atoms. The zero-order valence-electron chi connectivity index (χ0n) is 24.9. The Kier molecular flexibility index (Phi) is 8.15. The van der Waals surface area contributed by atoms with E-state index < -0.39 is 12.7 Å². The van der Waals surface area contributed by atoms with Gasteiger partial charge in [-0.3, -0.25) is 4.90 Å². The van der Waals surface area contributed by atoms with Crippen molar-refractivity contribution >= 4 is 28.6 Å². The zero-order chi connectivity index (χ0) is 29.3. The quantitative estimate of drug-likeness (QED) is 0.429. The van der Waals surface area contributed by atoms with Crippen LogP contribution >= 0.6 is 0 Å². The molecule has 1 aliphatic carbocycles. The number of urea groups is 1. The summed E-state index contributed by atoms with van der Waals surface area (Å²) >= 11 is 0. The van der Waals surface area contributed by atoms with Crippen molar-refractivity contribution in [3.05, 3.63) is 30.5 Å². The van der Waals surface area contributed by atoms with Crippen molar-refractivity contribution in [1.29, 1.82) is 0 Å². The van der Waals surface area contributed by atoms with E-state index in [1.54, 1.807) is 0 Å². The maximum absolute atomic E-state index is 12.4. The molecule has 2 atom stereocenters. The average Bonchev–Trinajstić information content (AvgIpc) is 3.62. The van der Waals surface area contributed by atoms with Crippen molar-refractivity contribution in [2.24, 2.45) is 0 Å². The fraction of sp³-hybridized carbons (Fsp3) is 0.613. The van der Waals surface area contributed by atoms with Gasteiger partial charge in [-0.15, -0.1) is 0 Å². The van der Waals surface area contributed by atoms with Crippen LogP contribution in [0.3, 0.4) is 0 Å². The third-order valence-corrected chi connectivity index (χ3v) is 9.62. The summed E-state index contributed by atoms with van der Waals surface area (Å²) in [5.41, 5.74) is 2.36. The zero-order valence-corrected chi connectivity index (χ0v) is 24.9. The van der Waals surface area contributed by atoms with Gasteiger partial charge in [-0.05, 0) is 69.8 Å². The minimum Gasteiger partial charge on any atom is -0.371 e. The minimum atomic E-state index is -0.604. The number of carbonyl (C=O) groups excluding carboxylic acids is 1. The Bertz CT molecular complexity index is 1400. The molecule has 3 saturated heterocycles. The van der Waals surface area contributed by atoms with Gasteiger partial charge in [-0.2, -0.15) is 5.10 Å². The first-order valence-electron chi connectivity index (χ1n) is 15.8. The number of ether oxygens (including phenoxy) is 1. The normalized spacial score (nSPS) is 26.6. The van der Waals surface area contributed by atoms with E-state index in [9.17, 15) is 9.18 Å². The molecule has 4 aliphatic rings. The molecule has 0 radical (unpaired) electrons. The lowest BCUT2D eigenvalue weighted by Gasteiger charge is -2.41. The Hall–Kier alpha value is -3.35. The Morgan fingerprint density at radius 1 is 0.953 bits per heavy atom. The molecular formula is C31H42FN9O2. The second-order valence-electron chi connectivity index (χ2n) is 12.5. The Morgan fingerprint density at radius 3 is 2.35 bits per heavy atom. The number of aromatic nitrogens is 4. The molecule has 3 aromatic rings. The van der Waals surface area contributed by atoms with E-state index in [4.69, 9.17) is 19.8 Å². The average molecular weight is 592 g/mol. The number of piperazine rings is 1. The molecule has 2 N–H and O–H groups in total. The molecular weight excluding hydrogens is 549 g/mol. The number of hydrogen-bond donors (Lipinski definition) is 2. The number of nitrogens with one attached hydrogen (secondary N) is 2. The first kappa shape index (κ1) is 28.4. The molecule has 0 spiro atoms. The van der Waals surface area contributed by atoms with E-state index in [1.165, 1.54) is 12.8 Å². The standard InChI is InChI=1S/C31H42FN9O2/c1-38-14-16-39(17-15-38)23-6-8-24(9-7-23)41-30-27(18-34-41)29(40-19-25-10-11-26(20-40)43-25)36-28(37-30)21-2-4-22(5-3-21)35-31(42)33-13-12-32/h2-5,18,23-26H,6-17,19-20H2,1H3,(H2,33,35,42). The summed E-state index contributed by atoms with van der Waals surface area (Å²) in [7, 11) is 2.21. The lowest BCUT2D eigenvalue weighted by molar-refractivity contribution is 0.0303. The highest BCUT2D eigenvalue weighted by molar-refractivity contribution is 5.90. The highest BCUT2D eigenvalue weighted by Gasteiger charge is 2.36. The highest BCUT2D eigenvalue weighted by Crippen LogP contribution is 2.37. The van der Waals surface area contributed by atoms with Crippen LogP contribution < -0.4 is 15.5 Å². The largest absolute Gasteiger partial charge is 0.371 e. The van der Waals surface area contributed by atoms with Gasteiger partial charge in [0.1, 0.15) is 12.5 Å². The van der Waals surface area contributed by atoms with E-state index in [0.717, 1.165) is 87.4 Å². The summed E-state index contributed by atoms with van der Waals surface area (Å²) in [4.78, 5) is 29.7. The first-order chi connectivity index (χ1) is 21.0. The number of rotatable bonds is 7. The summed E-state index contributed by atoms with van der Waals surface area (Å²) in [6, 6.07) is 8.02. The fourth-order valence-corrected chi connectivity index (χ4v) is 7.23. The van der Waals surface area contributed by atoms with Crippen molar-refractivity contribution in [2.45, 2.75) is 62.8 Å². The van der Waals surface area contributed by atoms with Gasteiger partial charge in [0.15, 0.2) is 11.5 Å². The molecule has 1 aromatic carbocycles. The van der Waals surface area contributed by atoms with Gasteiger partial charge in [0.2, 0.25) is 0 Å². The number of halogens is 1. The van der Waals surface area contributed by atoms with Crippen LogP contribution in [0.4, 0.5) is 20.7 Å². The Balaban J connectivity index is 1.16. The van der Waals surface area contributed by atoms with Crippen LogP contribution in [-0.2, 0) is 4.74 Å². The van der Waals surface area contributed by atoms with E-state index in [-0.39, 0.29) is 18.8 Å². The Labute approximate surface area is 251 Å².